The van der Waals surface area contributed by atoms with Crippen LogP contribution in [0.4, 0.5) is 10.1 Å². The Morgan fingerprint density at radius 2 is 1.95 bits per heavy atom. The molecule has 1 aliphatic heterocycles. The molecule has 2 fully saturated rings. The normalized spacial score (nSPS) is 25.5. The number of rotatable bonds is 1. The average Bonchev–Trinajstić information content (AvgIpc) is 2.49. The van der Waals surface area contributed by atoms with Gasteiger partial charge < -0.3 is 10.6 Å². The highest BCUT2D eigenvalue weighted by Crippen LogP contribution is 2.36. The smallest absolute Gasteiger partial charge is 0.255 e. The van der Waals surface area contributed by atoms with E-state index in [1.807, 2.05) is 4.90 Å². The third-order valence-electron chi connectivity index (χ3n) is 4.82. The van der Waals surface area contributed by atoms with Crippen molar-refractivity contribution in [2.45, 2.75) is 44.6 Å². The van der Waals surface area contributed by atoms with Crippen molar-refractivity contribution in [1.29, 1.82) is 0 Å². The summed E-state index contributed by atoms with van der Waals surface area (Å²) in [6.45, 7) is 0.795. The Hall–Kier alpha value is -1.10. The van der Waals surface area contributed by atoms with Crippen molar-refractivity contribution >= 4 is 27.5 Å². The van der Waals surface area contributed by atoms with Crippen molar-refractivity contribution in [3.63, 3.8) is 0 Å². The summed E-state index contributed by atoms with van der Waals surface area (Å²) in [5, 5.41) is 0. The van der Waals surface area contributed by atoms with E-state index in [0.717, 1.165) is 19.4 Å². The lowest BCUT2D eigenvalue weighted by Crippen LogP contribution is -2.49. The van der Waals surface area contributed by atoms with Crippen LogP contribution in [0.1, 0.15) is 48.9 Å². The molecule has 0 unspecified atom stereocenters. The lowest BCUT2D eigenvalue weighted by Gasteiger charge is -2.44. The molecule has 0 aromatic heterocycles. The van der Waals surface area contributed by atoms with E-state index in [1.54, 1.807) is 0 Å². The van der Waals surface area contributed by atoms with Crippen molar-refractivity contribution in [3.8, 4) is 0 Å². The lowest BCUT2D eigenvalue weighted by atomic mass is 9.78. The van der Waals surface area contributed by atoms with Gasteiger partial charge in [0.1, 0.15) is 5.82 Å². The van der Waals surface area contributed by atoms with Crippen LogP contribution in [-0.2, 0) is 0 Å². The van der Waals surface area contributed by atoms with Gasteiger partial charge >= 0.3 is 0 Å². The van der Waals surface area contributed by atoms with Crippen molar-refractivity contribution in [1.82, 2.24) is 4.90 Å². The second-order valence-corrected chi connectivity index (χ2v) is 6.96. The summed E-state index contributed by atoms with van der Waals surface area (Å²) >= 11 is 3.29. The van der Waals surface area contributed by atoms with E-state index in [0.29, 0.717) is 22.0 Å². The van der Waals surface area contributed by atoms with Crippen molar-refractivity contribution in [3.05, 3.63) is 28.0 Å². The van der Waals surface area contributed by atoms with E-state index in [4.69, 9.17) is 5.73 Å². The van der Waals surface area contributed by atoms with Gasteiger partial charge in [-0.2, -0.15) is 0 Å². The molecular formula is C16H20BrFN2O. The molecule has 5 heteroatoms. The first-order chi connectivity index (χ1) is 10.1. The molecule has 1 aromatic carbocycles. The molecule has 114 valence electrons. The Morgan fingerprint density at radius 3 is 2.76 bits per heavy atom. The number of piperidine rings is 1. The number of halogens is 2. The Bertz CT molecular complexity index is 561. The summed E-state index contributed by atoms with van der Waals surface area (Å²) in [5.74, 6) is 0.116. The van der Waals surface area contributed by atoms with Crippen LogP contribution in [0.15, 0.2) is 16.6 Å². The number of benzene rings is 1. The molecule has 2 N–H and O–H groups in total. The summed E-state index contributed by atoms with van der Waals surface area (Å²) < 4.78 is 13.9. The largest absolute Gasteiger partial charge is 0.396 e. The SMILES string of the molecule is Nc1cc(C(=O)N2CCC[C@H]3CCCC[C@H]32)c(Br)cc1F. The number of carbonyl (C=O) groups is 1. The molecule has 3 nitrogen and oxygen atoms in total. The number of nitrogen functional groups attached to an aromatic ring is 1. The number of fused-ring (bicyclic) bond motifs is 1. The Kier molecular flexibility index (Phi) is 4.20. The summed E-state index contributed by atoms with van der Waals surface area (Å²) in [5.41, 5.74) is 6.12. The summed E-state index contributed by atoms with van der Waals surface area (Å²) in [6.07, 6.45) is 7.06. The van der Waals surface area contributed by atoms with E-state index in [2.05, 4.69) is 15.9 Å². The molecule has 0 spiro atoms. The molecule has 1 saturated carbocycles. The Morgan fingerprint density at radius 1 is 1.24 bits per heavy atom. The maximum atomic E-state index is 13.5. The predicted octanol–water partition coefficient (Wildman–Crippen LogP) is 3.97. The van der Waals surface area contributed by atoms with Gasteiger partial charge in [-0.3, -0.25) is 4.79 Å². The van der Waals surface area contributed by atoms with Crippen molar-refractivity contribution in [2.24, 2.45) is 5.92 Å². The first-order valence-electron chi connectivity index (χ1n) is 7.63. The molecule has 2 aliphatic rings. The lowest BCUT2D eigenvalue weighted by molar-refractivity contribution is 0.0390. The highest BCUT2D eigenvalue weighted by atomic mass is 79.9. The quantitative estimate of drug-likeness (QED) is 0.775. The number of likely N-dealkylation sites (tertiary alicyclic amines) is 1. The van der Waals surface area contributed by atoms with E-state index in [-0.39, 0.29) is 11.6 Å². The number of hydrogen-bond donors (Lipinski definition) is 1. The molecule has 3 rings (SSSR count). The molecule has 1 aromatic rings. The monoisotopic (exact) mass is 354 g/mol. The van der Waals surface area contributed by atoms with E-state index in [9.17, 15) is 9.18 Å². The minimum absolute atomic E-state index is 0.0230. The number of anilines is 1. The fraction of sp³-hybridized carbons (Fsp3) is 0.562. The maximum Gasteiger partial charge on any atom is 0.255 e. The number of amides is 1. The zero-order chi connectivity index (χ0) is 15.0. The van der Waals surface area contributed by atoms with Crippen LogP contribution in [-0.4, -0.2) is 23.4 Å². The first kappa shape index (κ1) is 14.8. The molecule has 0 bridgehead atoms. The molecule has 1 aliphatic carbocycles. The van der Waals surface area contributed by atoms with Gasteiger partial charge in [0.05, 0.1) is 11.3 Å². The highest BCUT2D eigenvalue weighted by molar-refractivity contribution is 9.10. The van der Waals surface area contributed by atoms with Crippen LogP contribution in [0.2, 0.25) is 0 Å². The molecule has 0 radical (unpaired) electrons. The second-order valence-electron chi connectivity index (χ2n) is 6.11. The van der Waals surface area contributed by atoms with Crippen LogP contribution < -0.4 is 5.73 Å². The molecule has 1 saturated heterocycles. The standard InChI is InChI=1S/C16H20BrFN2O/c17-12-9-13(18)14(19)8-11(12)16(21)20-7-3-5-10-4-1-2-6-15(10)20/h8-10,15H,1-7,19H2/t10-,15-/m1/s1. The van der Waals surface area contributed by atoms with Gasteiger partial charge in [-0.05, 0) is 59.7 Å². The third-order valence-corrected chi connectivity index (χ3v) is 5.48. The van der Waals surface area contributed by atoms with Gasteiger partial charge in [0.2, 0.25) is 0 Å². The summed E-state index contributed by atoms with van der Waals surface area (Å²) in [6, 6.07) is 3.08. The van der Waals surface area contributed by atoms with Gasteiger partial charge in [-0.25, -0.2) is 4.39 Å². The van der Waals surface area contributed by atoms with Crippen LogP contribution >= 0.6 is 15.9 Å². The van der Waals surface area contributed by atoms with E-state index >= 15 is 0 Å². The zero-order valence-corrected chi connectivity index (χ0v) is 13.5. The molecule has 1 amide bonds. The predicted molar refractivity (Wildman–Crippen MR) is 84.5 cm³/mol. The molecule has 21 heavy (non-hydrogen) atoms. The molecule has 1 heterocycles. The van der Waals surface area contributed by atoms with Crippen LogP contribution in [0.3, 0.4) is 0 Å². The van der Waals surface area contributed by atoms with Crippen LogP contribution in [0, 0.1) is 11.7 Å². The number of hydrogen-bond acceptors (Lipinski definition) is 2. The first-order valence-corrected chi connectivity index (χ1v) is 8.42. The van der Waals surface area contributed by atoms with Crippen LogP contribution in [0.5, 0.6) is 0 Å². The Balaban J connectivity index is 1.88. The highest BCUT2D eigenvalue weighted by Gasteiger charge is 2.36. The topological polar surface area (TPSA) is 46.3 Å². The van der Waals surface area contributed by atoms with Crippen molar-refractivity contribution in [2.75, 3.05) is 12.3 Å². The van der Waals surface area contributed by atoms with Crippen LogP contribution in [0.25, 0.3) is 0 Å². The van der Waals surface area contributed by atoms with E-state index < -0.39 is 5.82 Å². The summed E-state index contributed by atoms with van der Waals surface area (Å²) in [7, 11) is 0. The van der Waals surface area contributed by atoms with Gasteiger partial charge in [-0.1, -0.05) is 12.8 Å². The van der Waals surface area contributed by atoms with Gasteiger partial charge in [0, 0.05) is 17.1 Å². The molecule has 2 atom stereocenters. The zero-order valence-electron chi connectivity index (χ0n) is 11.9. The third kappa shape index (κ3) is 2.80. The fourth-order valence-electron chi connectivity index (χ4n) is 3.76. The maximum absolute atomic E-state index is 13.5. The average molecular weight is 355 g/mol. The molecular weight excluding hydrogens is 335 g/mol. The minimum Gasteiger partial charge on any atom is -0.396 e. The summed E-state index contributed by atoms with van der Waals surface area (Å²) in [4.78, 5) is 14.8. The number of nitrogens with zero attached hydrogens (tertiary/aromatic N) is 1. The number of nitrogens with two attached hydrogens (primary N) is 1. The van der Waals surface area contributed by atoms with Crippen molar-refractivity contribution < 1.29 is 9.18 Å². The second kappa shape index (κ2) is 5.95. The minimum atomic E-state index is -0.493. The number of carbonyl (C=O) groups excluding carboxylic acids is 1. The van der Waals surface area contributed by atoms with Gasteiger partial charge in [0.25, 0.3) is 5.91 Å². The van der Waals surface area contributed by atoms with Gasteiger partial charge in [0.15, 0.2) is 0 Å². The fourth-order valence-corrected chi connectivity index (χ4v) is 4.25. The Labute approximate surface area is 132 Å². The van der Waals surface area contributed by atoms with E-state index in [1.165, 1.54) is 37.8 Å². The van der Waals surface area contributed by atoms with Gasteiger partial charge in [-0.15, -0.1) is 0 Å².